The minimum Gasteiger partial charge on any atom is -0.477 e. The zero-order chi connectivity index (χ0) is 15.0. The zero-order valence-electron chi connectivity index (χ0n) is 10.9. The van der Waals surface area contributed by atoms with Gasteiger partial charge in [-0.15, -0.1) is 0 Å². The van der Waals surface area contributed by atoms with E-state index in [1.54, 1.807) is 25.3 Å². The molecular weight excluding hydrogens is 292 g/mol. The summed E-state index contributed by atoms with van der Waals surface area (Å²) in [6, 6.07) is 4.93. The first-order valence-electron chi connectivity index (χ1n) is 6.00. The van der Waals surface area contributed by atoms with Gasteiger partial charge in [-0.05, 0) is 18.2 Å². The first-order chi connectivity index (χ1) is 10.1. The molecule has 3 rings (SSSR count). The van der Waals surface area contributed by atoms with Crippen LogP contribution in [-0.2, 0) is 4.79 Å². The minimum atomic E-state index is -1.10. The van der Waals surface area contributed by atoms with Crippen molar-refractivity contribution in [1.82, 2.24) is 4.98 Å². The first-order valence-corrected chi connectivity index (χ1v) is 6.82. The number of likely N-dealkylation sites (N-methyl/N-ethyl adjacent to an activating group) is 1. The number of rotatable bonds is 2. The Bertz CT molecular complexity index is 752. The topological polar surface area (TPSA) is 83.6 Å². The van der Waals surface area contributed by atoms with Crippen LogP contribution in [-0.4, -0.2) is 29.0 Å². The Morgan fingerprint density at radius 2 is 2.33 bits per heavy atom. The third-order valence-corrected chi connectivity index (χ3v) is 4.04. The molecule has 1 amide bonds. The highest BCUT2D eigenvalue weighted by Gasteiger charge is 2.28. The Hall–Kier alpha value is -2.54. The number of thioether (sulfide) groups is 1. The summed E-state index contributed by atoms with van der Waals surface area (Å²) in [5, 5.41) is 9.00. The van der Waals surface area contributed by atoms with Gasteiger partial charge in [-0.25, -0.2) is 9.78 Å². The van der Waals surface area contributed by atoms with Crippen molar-refractivity contribution in [2.75, 3.05) is 11.9 Å². The molecule has 6 nitrogen and oxygen atoms in total. The normalized spacial score (nSPS) is 16.1. The Kier molecular flexibility index (Phi) is 3.26. The summed E-state index contributed by atoms with van der Waals surface area (Å²) < 4.78 is 5.20. The van der Waals surface area contributed by atoms with E-state index < -0.39 is 5.97 Å². The molecule has 0 saturated heterocycles. The van der Waals surface area contributed by atoms with Crippen molar-refractivity contribution < 1.29 is 19.1 Å². The Balaban J connectivity index is 2.04. The van der Waals surface area contributed by atoms with Crippen LogP contribution in [0.25, 0.3) is 6.08 Å². The lowest BCUT2D eigenvalue weighted by atomic mass is 10.3. The van der Waals surface area contributed by atoms with E-state index in [2.05, 4.69) is 4.98 Å². The maximum absolute atomic E-state index is 12.3. The SMILES string of the molecule is CN1C(=O)C(=Cc2ccco2)Sc2cc(C(=O)O)ncc21. The summed E-state index contributed by atoms with van der Waals surface area (Å²) in [5.74, 6) is -0.724. The molecule has 0 atom stereocenters. The number of carboxylic acids is 1. The molecule has 2 aromatic rings. The van der Waals surface area contributed by atoms with E-state index in [0.717, 1.165) is 0 Å². The number of carboxylic acid groups (broad SMARTS) is 1. The molecule has 3 heterocycles. The van der Waals surface area contributed by atoms with Crippen molar-refractivity contribution in [3.8, 4) is 0 Å². The van der Waals surface area contributed by atoms with Crippen LogP contribution in [0.5, 0.6) is 0 Å². The second-order valence-corrected chi connectivity index (χ2v) is 5.42. The summed E-state index contributed by atoms with van der Waals surface area (Å²) in [6.45, 7) is 0. The Morgan fingerprint density at radius 1 is 1.52 bits per heavy atom. The smallest absolute Gasteiger partial charge is 0.354 e. The third-order valence-electron chi connectivity index (χ3n) is 2.98. The lowest BCUT2D eigenvalue weighted by Crippen LogP contribution is -2.30. The average molecular weight is 302 g/mol. The van der Waals surface area contributed by atoms with Crippen LogP contribution in [0, 0.1) is 0 Å². The van der Waals surface area contributed by atoms with Gasteiger partial charge in [0.05, 0.1) is 23.1 Å². The summed E-state index contributed by atoms with van der Waals surface area (Å²) in [7, 11) is 1.62. The molecule has 2 aromatic heterocycles. The molecule has 1 aliphatic heterocycles. The molecule has 0 radical (unpaired) electrons. The van der Waals surface area contributed by atoms with Crippen LogP contribution < -0.4 is 4.90 Å². The minimum absolute atomic E-state index is 0.0543. The highest BCUT2D eigenvalue weighted by molar-refractivity contribution is 8.04. The number of hydrogen-bond acceptors (Lipinski definition) is 5. The molecule has 1 N–H and O–H groups in total. The number of nitrogens with zero attached hydrogens (tertiary/aromatic N) is 2. The standard InChI is InChI=1S/C14H10N2O4S/c1-16-10-7-15-9(14(18)19)6-11(10)21-12(13(16)17)5-8-3-2-4-20-8/h2-7H,1H3,(H,18,19). The van der Waals surface area contributed by atoms with Gasteiger partial charge in [-0.1, -0.05) is 11.8 Å². The van der Waals surface area contributed by atoms with Crippen LogP contribution in [0.3, 0.4) is 0 Å². The molecule has 0 unspecified atom stereocenters. The maximum atomic E-state index is 12.3. The summed E-state index contributed by atoms with van der Waals surface area (Å²) in [5.41, 5.74) is 0.535. The van der Waals surface area contributed by atoms with Gasteiger partial charge in [-0.2, -0.15) is 0 Å². The van der Waals surface area contributed by atoms with Crippen molar-refractivity contribution >= 4 is 35.4 Å². The third kappa shape index (κ3) is 2.43. The van der Waals surface area contributed by atoms with Gasteiger partial charge in [0.15, 0.2) is 0 Å². The number of carbonyl (C=O) groups excluding carboxylic acids is 1. The molecule has 21 heavy (non-hydrogen) atoms. The quantitative estimate of drug-likeness (QED) is 0.858. The van der Waals surface area contributed by atoms with E-state index in [1.807, 2.05) is 0 Å². The monoisotopic (exact) mass is 302 g/mol. The zero-order valence-corrected chi connectivity index (χ0v) is 11.8. The molecule has 1 aliphatic rings. The molecule has 7 heteroatoms. The maximum Gasteiger partial charge on any atom is 0.354 e. The van der Waals surface area contributed by atoms with E-state index in [4.69, 9.17) is 9.52 Å². The molecule has 0 fully saturated rings. The molecule has 0 aromatic carbocycles. The fourth-order valence-corrected chi connectivity index (χ4v) is 3.01. The lowest BCUT2D eigenvalue weighted by molar-refractivity contribution is -0.114. The van der Waals surface area contributed by atoms with Gasteiger partial charge in [-0.3, -0.25) is 4.79 Å². The van der Waals surface area contributed by atoms with E-state index in [0.29, 0.717) is 21.2 Å². The average Bonchev–Trinajstić information content (AvgIpc) is 2.97. The molecular formula is C14H10N2O4S. The second kappa shape index (κ2) is 5.10. The predicted molar refractivity (Wildman–Crippen MR) is 77.1 cm³/mol. The Morgan fingerprint density at radius 3 is 3.00 bits per heavy atom. The van der Waals surface area contributed by atoms with Crippen LogP contribution in [0.4, 0.5) is 5.69 Å². The summed E-state index contributed by atoms with van der Waals surface area (Å²) in [4.78, 5) is 29.7. The first kappa shape index (κ1) is 13.4. The highest BCUT2D eigenvalue weighted by Crippen LogP contribution is 2.41. The molecule has 106 valence electrons. The van der Waals surface area contributed by atoms with Crippen molar-refractivity contribution in [2.45, 2.75) is 4.90 Å². The van der Waals surface area contributed by atoms with Gasteiger partial charge < -0.3 is 14.4 Å². The number of aromatic carboxylic acids is 1. The number of pyridine rings is 1. The van der Waals surface area contributed by atoms with E-state index in [9.17, 15) is 9.59 Å². The van der Waals surface area contributed by atoms with Crippen molar-refractivity contribution in [1.29, 1.82) is 0 Å². The number of amides is 1. The summed E-state index contributed by atoms with van der Waals surface area (Å²) in [6.07, 6.45) is 4.55. The van der Waals surface area contributed by atoms with Crippen molar-refractivity contribution in [2.24, 2.45) is 0 Å². The van der Waals surface area contributed by atoms with E-state index >= 15 is 0 Å². The Labute approximate surface area is 124 Å². The number of anilines is 1. The van der Waals surface area contributed by atoms with Crippen LogP contribution in [0.15, 0.2) is 44.9 Å². The highest BCUT2D eigenvalue weighted by atomic mass is 32.2. The number of aromatic nitrogens is 1. The molecule has 0 spiro atoms. The number of carbonyl (C=O) groups is 2. The molecule has 0 saturated carbocycles. The van der Waals surface area contributed by atoms with Gasteiger partial charge in [0.25, 0.3) is 5.91 Å². The lowest BCUT2D eigenvalue weighted by Gasteiger charge is -2.26. The van der Waals surface area contributed by atoms with E-state index in [-0.39, 0.29) is 11.6 Å². The van der Waals surface area contributed by atoms with Crippen LogP contribution in [0.1, 0.15) is 16.2 Å². The number of hydrogen-bond donors (Lipinski definition) is 1. The van der Waals surface area contributed by atoms with Gasteiger partial charge in [0.1, 0.15) is 11.5 Å². The number of fused-ring (bicyclic) bond motifs is 1. The van der Waals surface area contributed by atoms with Gasteiger partial charge in [0, 0.05) is 18.0 Å². The van der Waals surface area contributed by atoms with Gasteiger partial charge >= 0.3 is 5.97 Å². The van der Waals surface area contributed by atoms with Crippen LogP contribution >= 0.6 is 11.8 Å². The molecule has 0 bridgehead atoms. The molecule has 0 aliphatic carbocycles. The fraction of sp³-hybridized carbons (Fsp3) is 0.0714. The van der Waals surface area contributed by atoms with Crippen LogP contribution in [0.2, 0.25) is 0 Å². The predicted octanol–water partition coefficient (Wildman–Crippen LogP) is 2.48. The van der Waals surface area contributed by atoms with Crippen molar-refractivity contribution in [3.05, 3.63) is 47.0 Å². The van der Waals surface area contributed by atoms with E-state index in [1.165, 1.54) is 35.2 Å². The largest absolute Gasteiger partial charge is 0.477 e. The fourth-order valence-electron chi connectivity index (χ4n) is 1.91. The second-order valence-electron chi connectivity index (χ2n) is 4.33. The van der Waals surface area contributed by atoms with Gasteiger partial charge in [0.2, 0.25) is 0 Å². The number of furan rings is 1. The van der Waals surface area contributed by atoms with Crippen molar-refractivity contribution in [3.63, 3.8) is 0 Å². The summed E-state index contributed by atoms with van der Waals surface area (Å²) >= 11 is 1.21.